The highest BCUT2D eigenvalue weighted by Gasteiger charge is 2.48. The highest BCUT2D eigenvalue weighted by atomic mass is 19.1. The van der Waals surface area contributed by atoms with Crippen LogP contribution in [-0.2, 0) is 19.7 Å². The van der Waals surface area contributed by atoms with Crippen LogP contribution in [0, 0.1) is 17.7 Å². The molecule has 2 aliphatic rings. The van der Waals surface area contributed by atoms with Crippen molar-refractivity contribution in [1.29, 1.82) is 0 Å². The molecule has 0 aromatic heterocycles. The number of carboxylic acid groups (broad SMARTS) is 1. The van der Waals surface area contributed by atoms with E-state index in [0.717, 1.165) is 18.4 Å². The molecule has 1 amide bonds. The molecule has 5 nitrogen and oxygen atoms in total. The van der Waals surface area contributed by atoms with Crippen LogP contribution in [0.5, 0.6) is 0 Å². The van der Waals surface area contributed by atoms with Crippen LogP contribution in [-0.4, -0.2) is 36.7 Å². The zero-order valence-electron chi connectivity index (χ0n) is 12.8. The van der Waals surface area contributed by atoms with Crippen molar-refractivity contribution in [1.82, 2.24) is 5.32 Å². The van der Waals surface area contributed by atoms with Gasteiger partial charge in [0.1, 0.15) is 5.82 Å². The molecule has 2 fully saturated rings. The molecule has 1 aliphatic carbocycles. The Kier molecular flexibility index (Phi) is 4.35. The molecule has 23 heavy (non-hydrogen) atoms. The van der Waals surface area contributed by atoms with Gasteiger partial charge in [0, 0.05) is 25.2 Å². The Bertz CT molecular complexity index is 595. The van der Waals surface area contributed by atoms with Crippen molar-refractivity contribution < 1.29 is 23.8 Å². The molecular weight excluding hydrogens is 301 g/mol. The Labute approximate surface area is 133 Å². The van der Waals surface area contributed by atoms with Crippen LogP contribution in [0.3, 0.4) is 0 Å². The molecule has 1 aliphatic heterocycles. The van der Waals surface area contributed by atoms with Gasteiger partial charge < -0.3 is 15.2 Å². The third kappa shape index (κ3) is 3.37. The second kappa shape index (κ2) is 6.28. The van der Waals surface area contributed by atoms with E-state index in [-0.39, 0.29) is 17.1 Å². The van der Waals surface area contributed by atoms with Crippen LogP contribution >= 0.6 is 0 Å². The standard InChI is InChI=1S/C17H20FNO4/c18-12-3-1-11(2-4-12)17(5-7-23-8-6-17)10-19-15(20)13-9-14(13)16(21)22/h1-4,13-14H,5-10H2,(H,19,20)(H,21,22)/t13-,14+/m0/s1. The van der Waals surface area contributed by atoms with Crippen LogP contribution < -0.4 is 5.32 Å². The average Bonchev–Trinajstić information content (AvgIpc) is 3.35. The predicted octanol–water partition coefficient (Wildman–Crippen LogP) is 1.71. The van der Waals surface area contributed by atoms with Gasteiger partial charge in [-0.25, -0.2) is 4.39 Å². The van der Waals surface area contributed by atoms with Crippen LogP contribution in [0.25, 0.3) is 0 Å². The van der Waals surface area contributed by atoms with Crippen LogP contribution in [0.15, 0.2) is 24.3 Å². The number of rotatable bonds is 5. The lowest BCUT2D eigenvalue weighted by Gasteiger charge is -2.38. The summed E-state index contributed by atoms with van der Waals surface area (Å²) in [5, 5.41) is 11.8. The summed E-state index contributed by atoms with van der Waals surface area (Å²) in [5.74, 6) is -2.37. The van der Waals surface area contributed by atoms with Crippen LogP contribution in [0.2, 0.25) is 0 Å². The molecule has 0 bridgehead atoms. The van der Waals surface area contributed by atoms with E-state index in [1.165, 1.54) is 12.1 Å². The first-order valence-corrected chi connectivity index (χ1v) is 7.86. The minimum absolute atomic E-state index is 0.203. The number of halogens is 1. The SMILES string of the molecule is O=C(NCC1(c2ccc(F)cc2)CCOCC1)[C@H]1C[C@H]1C(=O)O. The summed E-state index contributed by atoms with van der Waals surface area (Å²) in [4.78, 5) is 23.0. The van der Waals surface area contributed by atoms with Gasteiger partial charge in [-0.3, -0.25) is 9.59 Å². The molecule has 1 saturated carbocycles. The fourth-order valence-corrected chi connectivity index (χ4v) is 3.28. The van der Waals surface area contributed by atoms with Gasteiger partial charge in [0.25, 0.3) is 0 Å². The van der Waals surface area contributed by atoms with Gasteiger partial charge in [0.05, 0.1) is 11.8 Å². The largest absolute Gasteiger partial charge is 0.481 e. The number of amides is 1. The molecule has 0 unspecified atom stereocenters. The second-order valence-corrected chi connectivity index (χ2v) is 6.40. The van der Waals surface area contributed by atoms with Crippen molar-refractivity contribution in [3.8, 4) is 0 Å². The van der Waals surface area contributed by atoms with Crippen molar-refractivity contribution in [3.05, 3.63) is 35.6 Å². The number of carbonyl (C=O) groups excluding carboxylic acids is 1. The number of carbonyl (C=O) groups is 2. The van der Waals surface area contributed by atoms with Gasteiger partial charge in [-0.05, 0) is 37.0 Å². The van der Waals surface area contributed by atoms with E-state index in [1.54, 1.807) is 12.1 Å². The van der Waals surface area contributed by atoms with E-state index in [0.29, 0.717) is 26.2 Å². The Morgan fingerprint density at radius 2 is 1.87 bits per heavy atom. The first-order chi connectivity index (χ1) is 11.0. The van der Waals surface area contributed by atoms with Crippen molar-refractivity contribution in [2.45, 2.75) is 24.7 Å². The van der Waals surface area contributed by atoms with E-state index in [1.807, 2.05) is 0 Å². The number of hydrogen-bond acceptors (Lipinski definition) is 3. The maximum atomic E-state index is 13.2. The fraction of sp³-hybridized carbons (Fsp3) is 0.529. The Morgan fingerprint density at radius 1 is 1.22 bits per heavy atom. The quantitative estimate of drug-likeness (QED) is 0.866. The van der Waals surface area contributed by atoms with Crippen LogP contribution in [0.4, 0.5) is 4.39 Å². The lowest BCUT2D eigenvalue weighted by atomic mass is 9.74. The Morgan fingerprint density at radius 3 is 2.43 bits per heavy atom. The van der Waals surface area contributed by atoms with Crippen molar-refractivity contribution in [2.24, 2.45) is 11.8 Å². The zero-order valence-corrected chi connectivity index (χ0v) is 12.8. The summed E-state index contributed by atoms with van der Waals surface area (Å²) in [7, 11) is 0. The summed E-state index contributed by atoms with van der Waals surface area (Å²) < 4.78 is 18.6. The third-order valence-corrected chi connectivity index (χ3v) is 4.95. The number of aliphatic carboxylic acids is 1. The summed E-state index contributed by atoms with van der Waals surface area (Å²) >= 11 is 0. The lowest BCUT2D eigenvalue weighted by molar-refractivity contribution is -0.140. The van der Waals surface area contributed by atoms with E-state index in [4.69, 9.17) is 9.84 Å². The summed E-state index contributed by atoms with van der Waals surface area (Å²) in [6.07, 6.45) is 1.89. The maximum absolute atomic E-state index is 13.2. The Hall–Kier alpha value is -1.95. The minimum atomic E-state index is -0.913. The molecule has 1 heterocycles. The molecule has 6 heteroatoms. The number of hydrogen-bond donors (Lipinski definition) is 2. The lowest BCUT2D eigenvalue weighted by Crippen LogP contribution is -2.45. The van der Waals surface area contributed by atoms with Gasteiger partial charge in [0.15, 0.2) is 0 Å². The van der Waals surface area contributed by atoms with Crippen molar-refractivity contribution >= 4 is 11.9 Å². The van der Waals surface area contributed by atoms with Crippen molar-refractivity contribution in [2.75, 3.05) is 19.8 Å². The zero-order chi connectivity index (χ0) is 16.4. The highest BCUT2D eigenvalue weighted by Crippen LogP contribution is 2.39. The molecule has 2 atom stereocenters. The molecule has 0 radical (unpaired) electrons. The Balaban J connectivity index is 1.69. The van der Waals surface area contributed by atoms with E-state index in [9.17, 15) is 14.0 Å². The molecule has 1 aromatic carbocycles. The molecule has 3 rings (SSSR count). The van der Waals surface area contributed by atoms with Gasteiger partial charge in [-0.1, -0.05) is 12.1 Å². The van der Waals surface area contributed by atoms with Gasteiger partial charge >= 0.3 is 5.97 Å². The average molecular weight is 321 g/mol. The second-order valence-electron chi connectivity index (χ2n) is 6.40. The number of nitrogens with one attached hydrogen (secondary N) is 1. The first kappa shape index (κ1) is 15.9. The van der Waals surface area contributed by atoms with Gasteiger partial charge in [-0.15, -0.1) is 0 Å². The van der Waals surface area contributed by atoms with E-state index in [2.05, 4.69) is 5.32 Å². The van der Waals surface area contributed by atoms with Gasteiger partial charge in [0.2, 0.25) is 5.91 Å². The van der Waals surface area contributed by atoms with E-state index < -0.39 is 17.8 Å². The first-order valence-electron chi connectivity index (χ1n) is 7.86. The summed E-state index contributed by atoms with van der Waals surface area (Å²) in [6.45, 7) is 1.60. The maximum Gasteiger partial charge on any atom is 0.307 e. The number of carboxylic acids is 1. The van der Waals surface area contributed by atoms with Crippen molar-refractivity contribution in [3.63, 3.8) is 0 Å². The number of benzene rings is 1. The summed E-state index contributed by atoms with van der Waals surface area (Å²) in [5.41, 5.74) is 0.697. The molecule has 1 aromatic rings. The summed E-state index contributed by atoms with van der Waals surface area (Å²) in [6, 6.07) is 6.36. The highest BCUT2D eigenvalue weighted by molar-refractivity contribution is 5.89. The third-order valence-electron chi connectivity index (χ3n) is 4.95. The fourth-order valence-electron chi connectivity index (χ4n) is 3.28. The molecule has 124 valence electrons. The molecule has 2 N–H and O–H groups in total. The predicted molar refractivity (Wildman–Crippen MR) is 80.4 cm³/mol. The number of ether oxygens (including phenoxy) is 1. The van der Waals surface area contributed by atoms with Crippen LogP contribution in [0.1, 0.15) is 24.8 Å². The molecule has 1 saturated heterocycles. The topological polar surface area (TPSA) is 75.6 Å². The smallest absolute Gasteiger partial charge is 0.307 e. The normalized spacial score (nSPS) is 25.6. The van der Waals surface area contributed by atoms with Gasteiger partial charge in [-0.2, -0.15) is 0 Å². The molecule has 0 spiro atoms. The minimum Gasteiger partial charge on any atom is -0.481 e. The monoisotopic (exact) mass is 321 g/mol. The molecular formula is C17H20FNO4. The van der Waals surface area contributed by atoms with E-state index >= 15 is 0 Å².